The van der Waals surface area contributed by atoms with Gasteiger partial charge in [0.2, 0.25) is 5.91 Å². The Hall–Kier alpha value is -1.36. The lowest BCUT2D eigenvalue weighted by molar-refractivity contribution is -0.135. The number of amides is 1. The summed E-state index contributed by atoms with van der Waals surface area (Å²) in [5.41, 5.74) is 0.963. The second-order valence-electron chi connectivity index (χ2n) is 5.17. The molecule has 0 bridgehead atoms. The van der Waals surface area contributed by atoms with Gasteiger partial charge in [-0.25, -0.2) is 0 Å². The van der Waals surface area contributed by atoms with Crippen molar-refractivity contribution in [3.05, 3.63) is 12.7 Å². The van der Waals surface area contributed by atoms with Gasteiger partial charge in [-0.1, -0.05) is 11.2 Å². The van der Waals surface area contributed by atoms with Crippen LogP contribution in [-0.4, -0.2) is 48.4 Å². The third-order valence-corrected chi connectivity index (χ3v) is 3.53. The topological polar surface area (TPSA) is 51.1 Å². The molecule has 106 valence electrons. The van der Waals surface area contributed by atoms with Gasteiger partial charge in [0, 0.05) is 13.0 Å². The Balaban J connectivity index is 1.78. The highest BCUT2D eigenvalue weighted by atomic mass is 16.6. The molecule has 0 radical (unpaired) electrons. The van der Waals surface area contributed by atoms with Crippen LogP contribution >= 0.6 is 0 Å². The third kappa shape index (κ3) is 3.80. The maximum Gasteiger partial charge on any atom is 0.226 e. The molecule has 0 N–H and O–H groups in total. The van der Waals surface area contributed by atoms with E-state index in [2.05, 4.69) is 11.7 Å². The van der Waals surface area contributed by atoms with Crippen LogP contribution in [0.15, 0.2) is 17.8 Å². The molecule has 0 saturated carbocycles. The molecule has 0 spiro atoms. The minimum absolute atomic E-state index is 0.0807. The average molecular weight is 266 g/mol. The van der Waals surface area contributed by atoms with E-state index < -0.39 is 0 Å². The summed E-state index contributed by atoms with van der Waals surface area (Å²) in [6, 6.07) is 0.205. The molecule has 2 heterocycles. The van der Waals surface area contributed by atoms with E-state index in [0.717, 1.165) is 31.5 Å². The van der Waals surface area contributed by atoms with E-state index >= 15 is 0 Å². The fraction of sp³-hybridized carbons (Fsp3) is 0.714. The van der Waals surface area contributed by atoms with Gasteiger partial charge in [-0.2, -0.15) is 0 Å². The minimum Gasteiger partial charge on any atom is -0.392 e. The summed E-state index contributed by atoms with van der Waals surface area (Å²) in [5.74, 6) is 0.152. The van der Waals surface area contributed by atoms with Crippen molar-refractivity contribution in [1.29, 1.82) is 0 Å². The van der Waals surface area contributed by atoms with Crippen LogP contribution in [0, 0.1) is 0 Å². The molecule has 2 aliphatic rings. The molecule has 1 amide bonds. The standard InChI is InChI=1S/C14H22N2O3/c1-3-7-18-10-12-5-4-6-16(12)14(17)9-13-8-11(2)15-19-13/h3,12-13H,1,4-10H2,2H3/t12-,13?/m0/s1. The Morgan fingerprint density at radius 2 is 2.53 bits per heavy atom. The lowest BCUT2D eigenvalue weighted by Crippen LogP contribution is -2.39. The van der Waals surface area contributed by atoms with Crippen molar-refractivity contribution >= 4 is 11.6 Å². The Kier molecular flexibility index (Phi) is 4.96. The molecule has 2 atom stereocenters. The lowest BCUT2D eigenvalue weighted by Gasteiger charge is -2.25. The maximum atomic E-state index is 12.3. The largest absolute Gasteiger partial charge is 0.392 e. The van der Waals surface area contributed by atoms with Crippen molar-refractivity contribution in [1.82, 2.24) is 4.90 Å². The van der Waals surface area contributed by atoms with E-state index in [0.29, 0.717) is 19.6 Å². The van der Waals surface area contributed by atoms with Crippen molar-refractivity contribution in [2.45, 2.75) is 44.8 Å². The normalized spacial score (nSPS) is 26.2. The fourth-order valence-corrected chi connectivity index (χ4v) is 2.61. The SMILES string of the molecule is C=CCOC[C@@H]1CCCN1C(=O)CC1CC(C)=NO1. The first-order valence-corrected chi connectivity index (χ1v) is 6.88. The Bertz CT molecular complexity index is 368. The summed E-state index contributed by atoms with van der Waals surface area (Å²) in [5, 5.41) is 3.89. The smallest absolute Gasteiger partial charge is 0.226 e. The van der Waals surface area contributed by atoms with Gasteiger partial charge in [0.15, 0.2) is 0 Å². The quantitative estimate of drug-likeness (QED) is 0.543. The minimum atomic E-state index is -0.0807. The second-order valence-corrected chi connectivity index (χ2v) is 5.17. The van der Waals surface area contributed by atoms with Crippen molar-refractivity contribution in [3.63, 3.8) is 0 Å². The van der Waals surface area contributed by atoms with Gasteiger partial charge in [0.1, 0.15) is 6.10 Å². The fourth-order valence-electron chi connectivity index (χ4n) is 2.61. The highest BCUT2D eigenvalue weighted by Crippen LogP contribution is 2.21. The van der Waals surface area contributed by atoms with Gasteiger partial charge < -0.3 is 14.5 Å². The van der Waals surface area contributed by atoms with Gasteiger partial charge >= 0.3 is 0 Å². The van der Waals surface area contributed by atoms with Gasteiger partial charge in [-0.3, -0.25) is 4.79 Å². The Labute approximate surface area is 114 Å². The molecule has 0 aromatic rings. The van der Waals surface area contributed by atoms with E-state index in [-0.39, 0.29) is 18.1 Å². The summed E-state index contributed by atoms with van der Waals surface area (Å²) >= 11 is 0. The molecule has 1 saturated heterocycles. The summed E-state index contributed by atoms with van der Waals surface area (Å²) < 4.78 is 5.47. The Morgan fingerprint density at radius 1 is 1.68 bits per heavy atom. The summed E-state index contributed by atoms with van der Waals surface area (Å²) in [6.07, 6.45) is 4.89. The first kappa shape index (κ1) is 14.1. The van der Waals surface area contributed by atoms with Crippen molar-refractivity contribution in [2.75, 3.05) is 19.8 Å². The molecule has 2 rings (SSSR count). The van der Waals surface area contributed by atoms with Crippen molar-refractivity contribution < 1.29 is 14.4 Å². The molecule has 19 heavy (non-hydrogen) atoms. The van der Waals surface area contributed by atoms with Crippen LogP contribution in [0.5, 0.6) is 0 Å². The van der Waals surface area contributed by atoms with E-state index in [1.165, 1.54) is 0 Å². The summed E-state index contributed by atoms with van der Waals surface area (Å²) in [6.45, 7) is 7.50. The molecule has 0 aromatic carbocycles. The van der Waals surface area contributed by atoms with Gasteiger partial charge in [-0.05, 0) is 19.8 Å². The number of carbonyl (C=O) groups excluding carboxylic acids is 1. The van der Waals surface area contributed by atoms with Crippen LogP contribution in [0.3, 0.4) is 0 Å². The number of likely N-dealkylation sites (tertiary alicyclic amines) is 1. The van der Waals surface area contributed by atoms with Crippen LogP contribution in [0.2, 0.25) is 0 Å². The molecule has 0 aliphatic carbocycles. The van der Waals surface area contributed by atoms with Gasteiger partial charge in [0.05, 0.1) is 31.4 Å². The van der Waals surface area contributed by atoms with Crippen molar-refractivity contribution in [2.24, 2.45) is 5.16 Å². The lowest BCUT2D eigenvalue weighted by atomic mass is 10.1. The molecule has 2 aliphatic heterocycles. The maximum absolute atomic E-state index is 12.3. The zero-order valence-electron chi connectivity index (χ0n) is 11.5. The van der Waals surface area contributed by atoms with Crippen LogP contribution < -0.4 is 0 Å². The number of oxime groups is 1. The number of carbonyl (C=O) groups is 1. The highest BCUT2D eigenvalue weighted by Gasteiger charge is 2.31. The predicted molar refractivity (Wildman–Crippen MR) is 73.0 cm³/mol. The van der Waals surface area contributed by atoms with Crippen LogP contribution in [0.4, 0.5) is 0 Å². The number of ether oxygens (including phenoxy) is 1. The predicted octanol–water partition coefficient (Wildman–Crippen LogP) is 1.73. The van der Waals surface area contributed by atoms with Crippen LogP contribution in [0.1, 0.15) is 32.6 Å². The molecular formula is C14H22N2O3. The zero-order valence-corrected chi connectivity index (χ0v) is 11.5. The monoisotopic (exact) mass is 266 g/mol. The number of nitrogens with zero attached hydrogens (tertiary/aromatic N) is 2. The van der Waals surface area contributed by atoms with Crippen LogP contribution in [-0.2, 0) is 14.4 Å². The van der Waals surface area contributed by atoms with E-state index in [1.54, 1.807) is 6.08 Å². The zero-order chi connectivity index (χ0) is 13.7. The molecular weight excluding hydrogens is 244 g/mol. The molecule has 1 fully saturated rings. The number of hydrogen-bond acceptors (Lipinski definition) is 4. The highest BCUT2D eigenvalue weighted by molar-refractivity contribution is 5.84. The number of hydrogen-bond donors (Lipinski definition) is 0. The molecule has 1 unspecified atom stereocenters. The molecule has 5 nitrogen and oxygen atoms in total. The average Bonchev–Trinajstić information content (AvgIpc) is 2.99. The van der Waals surface area contributed by atoms with Crippen LogP contribution in [0.25, 0.3) is 0 Å². The molecule has 5 heteroatoms. The third-order valence-electron chi connectivity index (χ3n) is 3.53. The first-order valence-electron chi connectivity index (χ1n) is 6.88. The summed E-state index contributed by atoms with van der Waals surface area (Å²) in [4.78, 5) is 19.4. The van der Waals surface area contributed by atoms with E-state index in [1.807, 2.05) is 11.8 Å². The summed E-state index contributed by atoms with van der Waals surface area (Å²) in [7, 11) is 0. The van der Waals surface area contributed by atoms with E-state index in [4.69, 9.17) is 9.57 Å². The van der Waals surface area contributed by atoms with E-state index in [9.17, 15) is 4.79 Å². The molecule has 0 aromatic heterocycles. The number of rotatable bonds is 6. The van der Waals surface area contributed by atoms with Gasteiger partial charge in [-0.15, -0.1) is 6.58 Å². The Morgan fingerprint density at radius 3 is 3.21 bits per heavy atom. The first-order chi connectivity index (χ1) is 9.20. The van der Waals surface area contributed by atoms with Gasteiger partial charge in [0.25, 0.3) is 0 Å². The second kappa shape index (κ2) is 6.70. The van der Waals surface area contributed by atoms with Crippen molar-refractivity contribution in [3.8, 4) is 0 Å².